The van der Waals surface area contributed by atoms with E-state index >= 15 is 0 Å². The lowest BCUT2D eigenvalue weighted by Gasteiger charge is -2.41. The minimum absolute atomic E-state index is 0.132. The van der Waals surface area contributed by atoms with E-state index in [2.05, 4.69) is 19.1 Å². The molecule has 4 rings (SSSR count). The number of hydrogen-bond donors (Lipinski definition) is 0. The fourth-order valence-electron chi connectivity index (χ4n) is 5.08. The lowest BCUT2D eigenvalue weighted by atomic mass is 9.64. The van der Waals surface area contributed by atoms with Gasteiger partial charge in [-0.15, -0.1) is 0 Å². The van der Waals surface area contributed by atoms with Crippen molar-refractivity contribution in [2.45, 2.75) is 51.4 Å². The first-order valence-corrected chi connectivity index (χ1v) is 9.28. The molecule has 2 aromatic carbocycles. The van der Waals surface area contributed by atoms with Gasteiger partial charge in [-0.3, -0.25) is 0 Å². The number of hydrogen-bond acceptors (Lipinski definition) is 1. The van der Waals surface area contributed by atoms with E-state index in [0.29, 0.717) is 11.3 Å². The highest BCUT2D eigenvalue weighted by molar-refractivity contribution is 5.85. The van der Waals surface area contributed by atoms with Crippen molar-refractivity contribution in [2.24, 2.45) is 17.8 Å². The van der Waals surface area contributed by atoms with Gasteiger partial charge in [0.25, 0.3) is 0 Å². The van der Waals surface area contributed by atoms with Crippen LogP contribution in [0, 0.1) is 34.9 Å². The van der Waals surface area contributed by atoms with Gasteiger partial charge in [0, 0.05) is 5.39 Å². The topological polar surface area (TPSA) is 23.8 Å². The Morgan fingerprint density at radius 3 is 2.62 bits per heavy atom. The van der Waals surface area contributed by atoms with Crippen LogP contribution in [0.5, 0.6) is 0 Å². The van der Waals surface area contributed by atoms with Crippen LogP contribution in [-0.4, -0.2) is 0 Å². The van der Waals surface area contributed by atoms with Crippen molar-refractivity contribution in [1.29, 1.82) is 5.26 Å². The van der Waals surface area contributed by atoms with Crippen LogP contribution in [0.15, 0.2) is 30.3 Å². The first-order chi connectivity index (χ1) is 11.7. The average Bonchev–Trinajstić information content (AvgIpc) is 2.61. The molecule has 4 atom stereocenters. The molecule has 2 saturated carbocycles. The predicted octanol–water partition coefficient (Wildman–Crippen LogP) is 6.17. The van der Waals surface area contributed by atoms with Gasteiger partial charge in [-0.05, 0) is 72.8 Å². The van der Waals surface area contributed by atoms with Gasteiger partial charge in [0.1, 0.15) is 11.9 Å². The van der Waals surface area contributed by atoms with Crippen LogP contribution in [-0.2, 0) is 0 Å². The summed E-state index contributed by atoms with van der Waals surface area (Å²) in [5, 5.41) is 10.5. The summed E-state index contributed by atoms with van der Waals surface area (Å²) in [4.78, 5) is 0. The third-order valence-electron chi connectivity index (χ3n) is 6.45. The molecule has 0 aromatic heterocycles. The molecule has 0 radical (unpaired) electrons. The van der Waals surface area contributed by atoms with Crippen molar-refractivity contribution in [3.63, 3.8) is 0 Å². The number of benzene rings is 2. The van der Waals surface area contributed by atoms with Gasteiger partial charge < -0.3 is 0 Å². The molecule has 2 aromatic rings. The van der Waals surface area contributed by atoms with Crippen molar-refractivity contribution in [3.8, 4) is 6.07 Å². The summed E-state index contributed by atoms with van der Waals surface area (Å²) in [6.45, 7) is 2.40. The summed E-state index contributed by atoms with van der Waals surface area (Å²) in [6.07, 6.45) is 8.08. The lowest BCUT2D eigenvalue weighted by Crippen LogP contribution is -2.29. The number of halogens is 1. The molecule has 2 aliphatic rings. The number of nitrogens with zero attached hydrogens (tertiary/aromatic N) is 1. The second-order valence-electron chi connectivity index (χ2n) is 7.97. The quantitative estimate of drug-likeness (QED) is 0.616. The van der Waals surface area contributed by atoms with Crippen LogP contribution < -0.4 is 0 Å². The van der Waals surface area contributed by atoms with E-state index in [0.717, 1.165) is 23.1 Å². The van der Waals surface area contributed by atoms with Crippen molar-refractivity contribution in [3.05, 3.63) is 47.3 Å². The normalized spacial score (nSPS) is 29.9. The maximum absolute atomic E-state index is 14.3. The molecule has 2 aliphatic carbocycles. The van der Waals surface area contributed by atoms with Gasteiger partial charge in [0.15, 0.2) is 0 Å². The second kappa shape index (κ2) is 6.20. The zero-order valence-electron chi connectivity index (χ0n) is 14.3. The zero-order valence-corrected chi connectivity index (χ0v) is 14.3. The molecule has 0 aliphatic heterocycles. The van der Waals surface area contributed by atoms with Crippen LogP contribution in [0.4, 0.5) is 4.39 Å². The molecule has 2 heteroatoms. The van der Waals surface area contributed by atoms with E-state index in [1.807, 2.05) is 18.2 Å². The summed E-state index contributed by atoms with van der Waals surface area (Å²) in [5.41, 5.74) is 1.48. The molecule has 1 nitrogen and oxygen atoms in total. The Hall–Kier alpha value is -1.88. The summed E-state index contributed by atoms with van der Waals surface area (Å²) in [6, 6.07) is 11.5. The molecule has 2 unspecified atom stereocenters. The van der Waals surface area contributed by atoms with Crippen LogP contribution in [0.1, 0.15) is 62.5 Å². The molecule has 0 amide bonds. The molecular formula is C22H24FN. The van der Waals surface area contributed by atoms with Crippen LogP contribution >= 0.6 is 0 Å². The maximum Gasteiger partial charge on any atom is 0.148 e. The minimum Gasteiger partial charge on any atom is -0.205 e. The van der Waals surface area contributed by atoms with E-state index in [4.69, 9.17) is 5.26 Å². The molecule has 0 saturated heterocycles. The minimum atomic E-state index is -0.383. The highest BCUT2D eigenvalue weighted by atomic mass is 19.1. The molecule has 124 valence electrons. The Kier molecular flexibility index (Phi) is 4.04. The van der Waals surface area contributed by atoms with E-state index < -0.39 is 0 Å². The molecule has 0 spiro atoms. The highest BCUT2D eigenvalue weighted by Gasteiger charge is 2.34. The smallest absolute Gasteiger partial charge is 0.148 e. The summed E-state index contributed by atoms with van der Waals surface area (Å²) in [5.74, 6) is 2.95. The SMILES string of the molecule is C[C@@H]1CC[C@@H]2CC(c3ccc4c(F)c(C#N)ccc4c3)CCC2C1. The Morgan fingerprint density at radius 2 is 1.79 bits per heavy atom. The van der Waals surface area contributed by atoms with E-state index in [-0.39, 0.29) is 11.4 Å². The largest absolute Gasteiger partial charge is 0.205 e. The fourth-order valence-corrected chi connectivity index (χ4v) is 5.08. The Labute approximate surface area is 143 Å². The van der Waals surface area contributed by atoms with Crippen molar-refractivity contribution in [2.75, 3.05) is 0 Å². The average molecular weight is 321 g/mol. The van der Waals surface area contributed by atoms with Crippen molar-refractivity contribution >= 4 is 10.8 Å². The summed E-state index contributed by atoms with van der Waals surface area (Å²) < 4.78 is 14.3. The van der Waals surface area contributed by atoms with E-state index in [1.54, 1.807) is 6.07 Å². The maximum atomic E-state index is 14.3. The van der Waals surface area contributed by atoms with Gasteiger partial charge in [-0.2, -0.15) is 5.26 Å². The van der Waals surface area contributed by atoms with Gasteiger partial charge in [-0.25, -0.2) is 4.39 Å². The Bertz CT molecular complexity index is 803. The monoisotopic (exact) mass is 321 g/mol. The first-order valence-electron chi connectivity index (χ1n) is 9.28. The molecule has 0 heterocycles. The van der Waals surface area contributed by atoms with Crippen molar-refractivity contribution in [1.82, 2.24) is 0 Å². The predicted molar refractivity (Wildman–Crippen MR) is 95.2 cm³/mol. The molecule has 0 bridgehead atoms. The van der Waals surface area contributed by atoms with Gasteiger partial charge in [0.2, 0.25) is 0 Å². The Morgan fingerprint density at radius 1 is 1.00 bits per heavy atom. The Balaban J connectivity index is 1.60. The van der Waals surface area contributed by atoms with Crippen LogP contribution in [0.25, 0.3) is 10.8 Å². The summed E-state index contributed by atoms with van der Waals surface area (Å²) >= 11 is 0. The van der Waals surface area contributed by atoms with Crippen LogP contribution in [0.3, 0.4) is 0 Å². The first kappa shape index (κ1) is 15.6. The van der Waals surface area contributed by atoms with E-state index in [1.165, 1.54) is 44.1 Å². The number of nitriles is 1. The van der Waals surface area contributed by atoms with Gasteiger partial charge >= 0.3 is 0 Å². The number of rotatable bonds is 1. The van der Waals surface area contributed by atoms with Crippen LogP contribution in [0.2, 0.25) is 0 Å². The third-order valence-corrected chi connectivity index (χ3v) is 6.45. The molecule has 0 N–H and O–H groups in total. The third kappa shape index (κ3) is 2.71. The number of fused-ring (bicyclic) bond motifs is 2. The van der Waals surface area contributed by atoms with E-state index in [9.17, 15) is 4.39 Å². The second-order valence-corrected chi connectivity index (χ2v) is 7.97. The van der Waals surface area contributed by atoms with Gasteiger partial charge in [0.05, 0.1) is 5.56 Å². The lowest BCUT2D eigenvalue weighted by molar-refractivity contribution is 0.124. The molecular weight excluding hydrogens is 297 g/mol. The zero-order chi connectivity index (χ0) is 16.7. The fraction of sp³-hybridized carbons (Fsp3) is 0.500. The standard InChI is InChI=1S/C22H24FN/c1-14-2-3-16-11-17(5-4-15(16)10-14)18-8-9-21-19(12-18)6-7-20(13-24)22(21)23/h6-9,12,14-17H,2-5,10-11H2,1H3/t14-,15?,16-,17?/m1/s1. The summed E-state index contributed by atoms with van der Waals surface area (Å²) in [7, 11) is 0. The molecule has 2 fully saturated rings. The highest BCUT2D eigenvalue weighted by Crippen LogP contribution is 2.47. The van der Waals surface area contributed by atoms with Gasteiger partial charge in [-0.1, -0.05) is 37.6 Å². The van der Waals surface area contributed by atoms with Crippen molar-refractivity contribution < 1.29 is 4.39 Å². The molecule has 24 heavy (non-hydrogen) atoms.